The van der Waals surface area contributed by atoms with Crippen LogP contribution in [-0.4, -0.2) is 47.4 Å². The highest BCUT2D eigenvalue weighted by molar-refractivity contribution is 5.86. The number of aliphatic hydroxyl groups is 1. The molecule has 1 atom stereocenters. The first-order valence-corrected chi connectivity index (χ1v) is 20.7. The number of carbonyl (C=O) groups is 1. The number of hydrogen-bond donors (Lipinski definition) is 1. The summed E-state index contributed by atoms with van der Waals surface area (Å²) in [6.45, 7) is 6.69. The number of amidine groups is 1. The lowest BCUT2D eigenvalue weighted by Crippen LogP contribution is -2.39. The molecule has 0 amide bonds. The average Bonchev–Trinajstić information content (AvgIpc) is 3.49. The van der Waals surface area contributed by atoms with Gasteiger partial charge in [-0.3, -0.25) is 9.79 Å². The molecular weight excluding hydrogens is 552 g/mol. The van der Waals surface area contributed by atoms with Gasteiger partial charge in [-0.2, -0.15) is 0 Å². The van der Waals surface area contributed by atoms with Gasteiger partial charge in [-0.1, -0.05) is 200 Å². The molecule has 1 rings (SSSR count). The van der Waals surface area contributed by atoms with Crippen molar-refractivity contribution in [3.8, 4) is 0 Å². The molecule has 0 saturated carbocycles. The van der Waals surface area contributed by atoms with E-state index in [4.69, 9.17) is 4.99 Å². The monoisotopic (exact) mass is 633 g/mol. The van der Waals surface area contributed by atoms with E-state index in [9.17, 15) is 9.90 Å². The predicted molar refractivity (Wildman–Crippen MR) is 199 cm³/mol. The molecule has 4 heteroatoms. The lowest BCUT2D eigenvalue weighted by atomic mass is 10.0. The largest absolute Gasteiger partial charge is 0.383 e. The Morgan fingerprint density at radius 2 is 0.889 bits per heavy atom. The summed E-state index contributed by atoms with van der Waals surface area (Å²) in [6, 6.07) is 0. The maximum Gasteiger partial charge on any atom is 0.163 e. The van der Waals surface area contributed by atoms with E-state index in [0.29, 0.717) is 13.0 Å². The molecule has 0 radical (unpaired) electrons. The van der Waals surface area contributed by atoms with Crippen LogP contribution in [0.2, 0.25) is 0 Å². The van der Waals surface area contributed by atoms with Gasteiger partial charge < -0.3 is 10.0 Å². The van der Waals surface area contributed by atoms with E-state index in [2.05, 4.69) is 18.7 Å². The Balaban J connectivity index is 1.91. The van der Waals surface area contributed by atoms with Gasteiger partial charge in [0.25, 0.3) is 0 Å². The minimum absolute atomic E-state index is 0.0263. The van der Waals surface area contributed by atoms with E-state index in [1.807, 2.05) is 0 Å². The molecular formula is C41H80N2O2. The van der Waals surface area contributed by atoms with Crippen molar-refractivity contribution in [2.75, 3.05) is 19.6 Å². The summed E-state index contributed by atoms with van der Waals surface area (Å²) >= 11 is 0. The number of Topliss-reactive ketones (excluding diaryl/α,β-unsaturated/α-hetero) is 1. The first kappa shape index (κ1) is 42.1. The Morgan fingerprint density at radius 3 is 1.27 bits per heavy atom. The second-order valence-corrected chi connectivity index (χ2v) is 14.5. The summed E-state index contributed by atoms with van der Waals surface area (Å²) < 4.78 is 0. The molecule has 45 heavy (non-hydrogen) atoms. The lowest BCUT2D eigenvalue weighted by molar-refractivity contribution is -0.127. The molecule has 1 aliphatic heterocycles. The van der Waals surface area contributed by atoms with Crippen molar-refractivity contribution in [1.82, 2.24) is 4.90 Å². The Morgan fingerprint density at radius 1 is 0.556 bits per heavy atom. The van der Waals surface area contributed by atoms with Crippen LogP contribution in [0.3, 0.4) is 0 Å². The van der Waals surface area contributed by atoms with Gasteiger partial charge in [-0.25, -0.2) is 0 Å². The summed E-state index contributed by atoms with van der Waals surface area (Å²) in [6.07, 6.45) is 42.8. The third kappa shape index (κ3) is 26.8. The third-order valence-corrected chi connectivity index (χ3v) is 10.1. The molecule has 0 aromatic heterocycles. The van der Waals surface area contributed by atoms with Gasteiger partial charge in [0.15, 0.2) is 5.78 Å². The second kappa shape index (κ2) is 33.0. The molecule has 0 aromatic rings. The van der Waals surface area contributed by atoms with Crippen LogP contribution in [0.1, 0.15) is 226 Å². The number of hydrogen-bond acceptors (Lipinski definition) is 4. The van der Waals surface area contributed by atoms with E-state index in [-0.39, 0.29) is 5.78 Å². The topological polar surface area (TPSA) is 52.9 Å². The van der Waals surface area contributed by atoms with Crippen molar-refractivity contribution in [2.24, 2.45) is 4.99 Å². The number of unbranched alkanes of at least 4 members (excludes halogenated alkanes) is 29. The van der Waals surface area contributed by atoms with E-state index >= 15 is 0 Å². The zero-order valence-corrected chi connectivity index (χ0v) is 30.8. The smallest absolute Gasteiger partial charge is 0.163 e. The highest BCUT2D eigenvalue weighted by atomic mass is 16.3. The van der Waals surface area contributed by atoms with E-state index in [0.717, 1.165) is 38.2 Å². The molecule has 0 aromatic carbocycles. The summed E-state index contributed by atoms with van der Waals surface area (Å²) in [5, 5.41) is 10.6. The fraction of sp³-hybridized carbons (Fsp3) is 0.951. The van der Waals surface area contributed by atoms with E-state index < -0.39 is 6.10 Å². The Kier molecular flexibility index (Phi) is 30.9. The minimum Gasteiger partial charge on any atom is -0.383 e. The fourth-order valence-corrected chi connectivity index (χ4v) is 6.94. The van der Waals surface area contributed by atoms with Crippen molar-refractivity contribution < 1.29 is 9.90 Å². The Bertz CT molecular complexity index is 664. The summed E-state index contributed by atoms with van der Waals surface area (Å²) in [7, 11) is 0. The maximum atomic E-state index is 12.6. The standard InChI is InChI=1S/C41H80N2O2/c1-3-5-7-9-11-13-15-17-19-21-23-25-27-29-31-33-35-41-42-36-37-43(41)38-40(45)39(44)34-32-30-28-26-24-22-20-18-16-14-12-10-8-6-4-2/h40,45H,3-38H2,1-2H3. The fourth-order valence-electron chi connectivity index (χ4n) is 6.94. The van der Waals surface area contributed by atoms with Crippen LogP contribution < -0.4 is 0 Å². The van der Waals surface area contributed by atoms with Gasteiger partial charge in [0.1, 0.15) is 6.10 Å². The number of nitrogens with zero attached hydrogens (tertiary/aromatic N) is 2. The van der Waals surface area contributed by atoms with Crippen LogP contribution in [0.25, 0.3) is 0 Å². The van der Waals surface area contributed by atoms with Crippen LogP contribution in [0, 0.1) is 0 Å². The molecule has 0 bridgehead atoms. The molecule has 266 valence electrons. The average molecular weight is 633 g/mol. The molecule has 0 aliphatic carbocycles. The first-order chi connectivity index (χ1) is 22.2. The molecule has 0 spiro atoms. The van der Waals surface area contributed by atoms with Crippen molar-refractivity contribution in [1.29, 1.82) is 0 Å². The SMILES string of the molecule is CCCCCCCCCCCCCCCCCCC1=NCCN1CC(O)C(=O)CCCCCCCCCCCCCCCCC. The number of rotatable bonds is 36. The number of aliphatic hydroxyl groups excluding tert-OH is 1. The van der Waals surface area contributed by atoms with Gasteiger partial charge in [-0.15, -0.1) is 0 Å². The zero-order valence-electron chi connectivity index (χ0n) is 30.8. The van der Waals surface area contributed by atoms with Gasteiger partial charge in [0, 0.05) is 19.4 Å². The number of β-amino-alcohol motifs (C(OH)–C–C–N with tert-alkyl or cyclic N) is 1. The van der Waals surface area contributed by atoms with Crippen molar-refractivity contribution >= 4 is 11.6 Å². The zero-order chi connectivity index (χ0) is 32.5. The maximum absolute atomic E-state index is 12.6. The van der Waals surface area contributed by atoms with Crippen LogP contribution in [0.15, 0.2) is 4.99 Å². The molecule has 1 aliphatic rings. The molecule has 0 saturated heterocycles. The van der Waals surface area contributed by atoms with Crippen molar-refractivity contribution in [3.05, 3.63) is 0 Å². The Labute approximate surface area is 282 Å². The molecule has 0 fully saturated rings. The van der Waals surface area contributed by atoms with Gasteiger partial charge in [-0.05, 0) is 12.8 Å². The highest BCUT2D eigenvalue weighted by Gasteiger charge is 2.23. The number of carbonyl (C=O) groups excluding carboxylic acids is 1. The third-order valence-electron chi connectivity index (χ3n) is 10.1. The van der Waals surface area contributed by atoms with Crippen LogP contribution in [0.4, 0.5) is 0 Å². The first-order valence-electron chi connectivity index (χ1n) is 20.7. The quantitative estimate of drug-likeness (QED) is 0.0699. The predicted octanol–water partition coefficient (Wildman–Crippen LogP) is 12.5. The summed E-state index contributed by atoms with van der Waals surface area (Å²) in [5.74, 6) is 1.15. The van der Waals surface area contributed by atoms with Crippen LogP contribution in [-0.2, 0) is 4.79 Å². The van der Waals surface area contributed by atoms with E-state index in [1.54, 1.807) is 0 Å². The van der Waals surface area contributed by atoms with E-state index in [1.165, 1.54) is 186 Å². The van der Waals surface area contributed by atoms with Gasteiger partial charge in [0.2, 0.25) is 0 Å². The van der Waals surface area contributed by atoms with Crippen LogP contribution in [0.5, 0.6) is 0 Å². The van der Waals surface area contributed by atoms with Crippen molar-refractivity contribution in [3.63, 3.8) is 0 Å². The summed E-state index contributed by atoms with van der Waals surface area (Å²) in [5.41, 5.74) is 0. The molecule has 1 heterocycles. The molecule has 1 unspecified atom stereocenters. The molecule has 4 nitrogen and oxygen atoms in total. The Hall–Kier alpha value is -0.900. The van der Waals surface area contributed by atoms with Crippen molar-refractivity contribution in [2.45, 2.75) is 232 Å². The van der Waals surface area contributed by atoms with Gasteiger partial charge >= 0.3 is 0 Å². The number of aliphatic imine (C=N–C) groups is 1. The number of ketones is 1. The highest BCUT2D eigenvalue weighted by Crippen LogP contribution is 2.17. The van der Waals surface area contributed by atoms with Gasteiger partial charge in [0.05, 0.1) is 18.9 Å². The normalized spacial score (nSPS) is 13.9. The molecule has 1 N–H and O–H groups in total. The second-order valence-electron chi connectivity index (χ2n) is 14.5. The van der Waals surface area contributed by atoms with Crippen LogP contribution >= 0.6 is 0 Å². The lowest BCUT2D eigenvalue weighted by Gasteiger charge is -2.23. The minimum atomic E-state index is -0.856. The summed E-state index contributed by atoms with van der Waals surface area (Å²) in [4.78, 5) is 19.5.